The van der Waals surface area contributed by atoms with E-state index >= 15 is 0 Å². The van der Waals surface area contributed by atoms with Crippen molar-refractivity contribution in [2.45, 2.75) is 77.5 Å². The molecule has 0 saturated heterocycles. The number of rotatable bonds is 8. The molecule has 0 bridgehead atoms. The first-order valence-electron chi connectivity index (χ1n) is 10.8. The average molecular weight is 432 g/mol. The summed E-state index contributed by atoms with van der Waals surface area (Å²) >= 11 is 1.73. The summed E-state index contributed by atoms with van der Waals surface area (Å²) in [7, 11) is 1.79. The molecule has 1 saturated carbocycles. The molecule has 30 heavy (non-hydrogen) atoms. The van der Waals surface area contributed by atoms with Gasteiger partial charge in [-0.1, -0.05) is 13.8 Å². The third-order valence-corrected chi connectivity index (χ3v) is 6.68. The number of ether oxygens (including phenoxy) is 2. The molecule has 0 radical (unpaired) electrons. The van der Waals surface area contributed by atoms with Gasteiger partial charge in [-0.05, 0) is 44.7 Å². The van der Waals surface area contributed by atoms with Crippen LogP contribution in [0.25, 0.3) is 10.2 Å². The lowest BCUT2D eigenvalue weighted by molar-refractivity contribution is -0.120. The average Bonchev–Trinajstić information content (AvgIpc) is 3.14. The van der Waals surface area contributed by atoms with Crippen LogP contribution in [0.15, 0.2) is 17.1 Å². The number of carbonyl (C=O) groups is 1. The molecule has 1 aliphatic rings. The maximum absolute atomic E-state index is 11.1. The molecule has 1 amide bonds. The van der Waals surface area contributed by atoms with Crippen LogP contribution < -0.4 is 10.1 Å². The largest absolute Gasteiger partial charge is 0.490 e. The molecule has 7 heteroatoms. The summed E-state index contributed by atoms with van der Waals surface area (Å²) in [6.07, 6.45) is 6.15. The predicted octanol–water partition coefficient (Wildman–Crippen LogP) is 4.70. The normalized spacial score (nSPS) is 20.7. The Morgan fingerprint density at radius 2 is 1.97 bits per heavy atom. The van der Waals surface area contributed by atoms with E-state index < -0.39 is 0 Å². The SMILES string of the molecule is C/N=C/c1c(O[C@H]2CC[C@H](OC[C@H](C)NC(C)=O)CC2)ccc2nc(C(C)C)sc12. The smallest absolute Gasteiger partial charge is 0.217 e. The van der Waals surface area contributed by atoms with Gasteiger partial charge < -0.3 is 14.8 Å². The van der Waals surface area contributed by atoms with Gasteiger partial charge in [-0.2, -0.15) is 0 Å². The number of aromatic nitrogens is 1. The van der Waals surface area contributed by atoms with E-state index in [4.69, 9.17) is 14.5 Å². The molecule has 1 fully saturated rings. The number of carbonyl (C=O) groups excluding carboxylic acids is 1. The minimum Gasteiger partial charge on any atom is -0.490 e. The second-order valence-corrected chi connectivity index (χ2v) is 9.40. The van der Waals surface area contributed by atoms with Crippen LogP contribution in [-0.2, 0) is 9.53 Å². The fraction of sp³-hybridized carbons (Fsp3) is 0.609. The molecule has 1 heterocycles. The molecule has 0 aliphatic heterocycles. The highest BCUT2D eigenvalue weighted by Crippen LogP contribution is 2.35. The van der Waals surface area contributed by atoms with Gasteiger partial charge in [-0.25, -0.2) is 4.98 Å². The molecule has 0 unspecified atom stereocenters. The number of aliphatic imine (C=N–C) groups is 1. The second-order valence-electron chi connectivity index (χ2n) is 8.37. The molecular formula is C23H33N3O3S. The molecular weight excluding hydrogens is 398 g/mol. The van der Waals surface area contributed by atoms with Crippen molar-refractivity contribution in [1.29, 1.82) is 0 Å². The Kier molecular flexibility index (Phi) is 7.83. The Morgan fingerprint density at radius 1 is 1.27 bits per heavy atom. The van der Waals surface area contributed by atoms with E-state index in [0.29, 0.717) is 12.5 Å². The fourth-order valence-electron chi connectivity index (χ4n) is 3.78. The predicted molar refractivity (Wildman–Crippen MR) is 123 cm³/mol. The summed E-state index contributed by atoms with van der Waals surface area (Å²) in [6, 6.07) is 4.12. The van der Waals surface area contributed by atoms with Crippen LogP contribution in [0.5, 0.6) is 5.75 Å². The summed E-state index contributed by atoms with van der Waals surface area (Å²) in [4.78, 5) is 20.1. The molecule has 1 aliphatic carbocycles. The van der Waals surface area contributed by atoms with E-state index in [-0.39, 0.29) is 24.2 Å². The quantitative estimate of drug-likeness (QED) is 0.615. The molecule has 2 aromatic rings. The molecule has 1 aromatic heterocycles. The highest BCUT2D eigenvalue weighted by Gasteiger charge is 2.25. The number of hydrogen-bond donors (Lipinski definition) is 1. The molecule has 1 N–H and O–H groups in total. The van der Waals surface area contributed by atoms with Gasteiger partial charge in [0.25, 0.3) is 0 Å². The number of thiazole rings is 1. The number of hydrogen-bond acceptors (Lipinski definition) is 6. The molecule has 164 valence electrons. The van der Waals surface area contributed by atoms with Crippen LogP contribution in [0.3, 0.4) is 0 Å². The van der Waals surface area contributed by atoms with Gasteiger partial charge >= 0.3 is 0 Å². The van der Waals surface area contributed by atoms with Crippen LogP contribution in [0.1, 0.15) is 69.9 Å². The zero-order valence-electron chi connectivity index (χ0n) is 18.6. The summed E-state index contributed by atoms with van der Waals surface area (Å²) in [6.45, 7) is 8.38. The van der Waals surface area contributed by atoms with Gasteiger partial charge in [0.05, 0.1) is 39.6 Å². The van der Waals surface area contributed by atoms with Crippen molar-refractivity contribution in [3.05, 3.63) is 22.7 Å². The first kappa shape index (κ1) is 22.7. The Balaban J connectivity index is 1.62. The van der Waals surface area contributed by atoms with Crippen molar-refractivity contribution < 1.29 is 14.3 Å². The van der Waals surface area contributed by atoms with Crippen molar-refractivity contribution in [3.63, 3.8) is 0 Å². The van der Waals surface area contributed by atoms with E-state index in [0.717, 1.165) is 52.2 Å². The lowest BCUT2D eigenvalue weighted by Crippen LogP contribution is -2.36. The van der Waals surface area contributed by atoms with Gasteiger partial charge in [0.2, 0.25) is 5.91 Å². The zero-order valence-corrected chi connectivity index (χ0v) is 19.4. The van der Waals surface area contributed by atoms with Crippen LogP contribution in [0.4, 0.5) is 0 Å². The third-order valence-electron chi connectivity index (χ3n) is 5.27. The second kappa shape index (κ2) is 10.4. The first-order valence-corrected chi connectivity index (χ1v) is 11.6. The minimum absolute atomic E-state index is 0.0203. The summed E-state index contributed by atoms with van der Waals surface area (Å²) in [5, 5.41) is 4.00. The van der Waals surface area contributed by atoms with Crippen LogP contribution in [0.2, 0.25) is 0 Å². The van der Waals surface area contributed by atoms with Crippen molar-refractivity contribution in [2.75, 3.05) is 13.7 Å². The summed E-state index contributed by atoms with van der Waals surface area (Å²) < 4.78 is 13.6. The van der Waals surface area contributed by atoms with E-state index in [2.05, 4.69) is 30.2 Å². The number of amides is 1. The van der Waals surface area contributed by atoms with E-state index in [9.17, 15) is 4.79 Å². The van der Waals surface area contributed by atoms with Gasteiger partial charge in [-0.15, -0.1) is 11.3 Å². The fourth-order valence-corrected chi connectivity index (χ4v) is 4.85. The zero-order chi connectivity index (χ0) is 21.7. The molecule has 1 aromatic carbocycles. The topological polar surface area (TPSA) is 72.8 Å². The van der Waals surface area contributed by atoms with E-state index in [1.807, 2.05) is 19.2 Å². The summed E-state index contributed by atoms with van der Waals surface area (Å²) in [5.41, 5.74) is 2.04. The molecule has 1 atom stereocenters. The highest BCUT2D eigenvalue weighted by molar-refractivity contribution is 7.19. The summed E-state index contributed by atoms with van der Waals surface area (Å²) in [5.74, 6) is 1.27. The highest BCUT2D eigenvalue weighted by atomic mass is 32.1. The Bertz CT molecular complexity index is 885. The lowest BCUT2D eigenvalue weighted by Gasteiger charge is -2.30. The Morgan fingerprint density at radius 3 is 2.60 bits per heavy atom. The van der Waals surface area contributed by atoms with Gasteiger partial charge in [0.1, 0.15) is 5.75 Å². The maximum Gasteiger partial charge on any atom is 0.217 e. The minimum atomic E-state index is -0.0203. The van der Waals surface area contributed by atoms with Gasteiger partial charge in [0.15, 0.2) is 0 Å². The number of fused-ring (bicyclic) bond motifs is 1. The van der Waals surface area contributed by atoms with Crippen LogP contribution in [0, 0.1) is 0 Å². The van der Waals surface area contributed by atoms with Crippen molar-refractivity contribution in [3.8, 4) is 5.75 Å². The van der Waals surface area contributed by atoms with Crippen LogP contribution in [-0.4, -0.2) is 49.0 Å². The Labute approximate surface area is 183 Å². The van der Waals surface area contributed by atoms with Crippen LogP contribution >= 0.6 is 11.3 Å². The number of nitrogens with zero attached hydrogens (tertiary/aromatic N) is 2. The van der Waals surface area contributed by atoms with Crippen molar-refractivity contribution in [2.24, 2.45) is 4.99 Å². The molecule has 6 nitrogen and oxygen atoms in total. The number of nitrogens with one attached hydrogen (secondary N) is 1. The van der Waals surface area contributed by atoms with Crippen molar-refractivity contribution in [1.82, 2.24) is 10.3 Å². The van der Waals surface area contributed by atoms with Crippen molar-refractivity contribution >= 4 is 33.7 Å². The van der Waals surface area contributed by atoms with Gasteiger partial charge in [0, 0.05) is 32.1 Å². The first-order chi connectivity index (χ1) is 14.4. The lowest BCUT2D eigenvalue weighted by atomic mass is 9.94. The standard InChI is InChI=1S/C23H33N3O3S/c1-14(2)23-26-20-10-11-21(19(12-24-5)22(20)30-23)29-18-8-6-17(7-9-18)28-13-15(3)25-16(4)27/h10-12,14-15,17-18H,6-9,13H2,1-5H3,(H,25,27)/b24-12+/t15-,17-,18-/m0/s1. The van der Waals surface area contributed by atoms with E-state index in [1.165, 1.54) is 6.92 Å². The third kappa shape index (κ3) is 5.79. The van der Waals surface area contributed by atoms with E-state index in [1.54, 1.807) is 18.4 Å². The Hall–Kier alpha value is -1.99. The van der Waals surface area contributed by atoms with Gasteiger partial charge in [-0.3, -0.25) is 9.79 Å². The molecule has 3 rings (SSSR count). The molecule has 0 spiro atoms. The maximum atomic E-state index is 11.1. The monoisotopic (exact) mass is 431 g/mol. The number of benzene rings is 1.